The number of carbonyl (C=O) groups excluding carboxylic acids is 3. The van der Waals surface area contributed by atoms with E-state index in [4.69, 9.17) is 4.74 Å². The van der Waals surface area contributed by atoms with Gasteiger partial charge in [-0.05, 0) is 30.4 Å². The first-order chi connectivity index (χ1) is 11.9. The number of nitrogens with zero attached hydrogens (tertiary/aromatic N) is 1. The molecule has 0 saturated carbocycles. The van der Waals surface area contributed by atoms with Crippen LogP contribution in [0.1, 0.15) is 20.3 Å². The summed E-state index contributed by atoms with van der Waals surface area (Å²) in [5.74, 6) is -1.14. The van der Waals surface area contributed by atoms with E-state index < -0.39 is 11.9 Å². The van der Waals surface area contributed by atoms with E-state index in [2.05, 4.69) is 5.32 Å². The predicted octanol–water partition coefficient (Wildman–Crippen LogP) is 2.08. The SMILES string of the molecule is CSc1cccc(N2C[C@H](C(=O)OCC(=O)NCC(C)C)CC2=O)c1. The smallest absolute Gasteiger partial charge is 0.311 e. The molecule has 0 spiro atoms. The van der Waals surface area contributed by atoms with Crippen LogP contribution in [0.5, 0.6) is 0 Å². The molecular weight excluding hydrogens is 340 g/mol. The summed E-state index contributed by atoms with van der Waals surface area (Å²) in [6, 6.07) is 7.63. The maximum absolute atomic E-state index is 12.2. The van der Waals surface area contributed by atoms with Crippen LogP contribution in [0.3, 0.4) is 0 Å². The fourth-order valence-electron chi connectivity index (χ4n) is 2.52. The molecule has 0 radical (unpaired) electrons. The Kier molecular flexibility index (Phi) is 6.87. The van der Waals surface area contributed by atoms with E-state index in [9.17, 15) is 14.4 Å². The Morgan fingerprint density at radius 1 is 1.40 bits per heavy atom. The van der Waals surface area contributed by atoms with Gasteiger partial charge in [0.15, 0.2) is 6.61 Å². The van der Waals surface area contributed by atoms with Crippen LogP contribution in [-0.2, 0) is 19.1 Å². The molecule has 0 aromatic heterocycles. The molecule has 1 saturated heterocycles. The van der Waals surface area contributed by atoms with Crippen LogP contribution in [0.2, 0.25) is 0 Å². The first-order valence-electron chi connectivity index (χ1n) is 8.28. The van der Waals surface area contributed by atoms with Crippen LogP contribution in [0.25, 0.3) is 0 Å². The van der Waals surface area contributed by atoms with Crippen LogP contribution in [0, 0.1) is 11.8 Å². The highest BCUT2D eigenvalue weighted by Crippen LogP contribution is 2.28. The van der Waals surface area contributed by atoms with Crippen LogP contribution in [0.15, 0.2) is 29.2 Å². The maximum Gasteiger partial charge on any atom is 0.311 e. The molecule has 136 valence electrons. The van der Waals surface area contributed by atoms with Gasteiger partial charge in [-0.15, -0.1) is 11.8 Å². The summed E-state index contributed by atoms with van der Waals surface area (Å²) < 4.78 is 5.06. The number of rotatable bonds is 7. The van der Waals surface area contributed by atoms with Crippen molar-refractivity contribution >= 4 is 35.2 Å². The molecule has 25 heavy (non-hydrogen) atoms. The molecular formula is C18H24N2O4S. The van der Waals surface area contributed by atoms with Gasteiger partial charge in [0.05, 0.1) is 5.92 Å². The quantitative estimate of drug-likeness (QED) is 0.592. The predicted molar refractivity (Wildman–Crippen MR) is 97.5 cm³/mol. The minimum Gasteiger partial charge on any atom is -0.455 e. The Hall–Kier alpha value is -2.02. The summed E-state index contributed by atoms with van der Waals surface area (Å²) in [4.78, 5) is 38.7. The van der Waals surface area contributed by atoms with Crippen molar-refractivity contribution in [3.05, 3.63) is 24.3 Å². The number of carbonyl (C=O) groups is 3. The third kappa shape index (κ3) is 5.49. The molecule has 2 rings (SSSR count). The van der Waals surface area contributed by atoms with Crippen molar-refractivity contribution in [3.63, 3.8) is 0 Å². The molecule has 1 aromatic carbocycles. The Morgan fingerprint density at radius 2 is 2.16 bits per heavy atom. The normalized spacial score (nSPS) is 17.0. The zero-order valence-electron chi connectivity index (χ0n) is 14.8. The van der Waals surface area contributed by atoms with Crippen molar-refractivity contribution in [1.29, 1.82) is 0 Å². The van der Waals surface area contributed by atoms with E-state index in [0.29, 0.717) is 12.5 Å². The molecule has 1 N–H and O–H groups in total. The van der Waals surface area contributed by atoms with Gasteiger partial charge in [0.25, 0.3) is 5.91 Å². The van der Waals surface area contributed by atoms with Crippen LogP contribution in [-0.4, -0.2) is 43.7 Å². The van der Waals surface area contributed by atoms with Crippen molar-refractivity contribution in [3.8, 4) is 0 Å². The number of thioether (sulfide) groups is 1. The summed E-state index contributed by atoms with van der Waals surface area (Å²) >= 11 is 1.59. The lowest BCUT2D eigenvalue weighted by Gasteiger charge is -2.17. The molecule has 1 aliphatic rings. The Labute approximate surface area is 152 Å². The number of benzene rings is 1. The molecule has 0 unspecified atom stereocenters. The molecule has 1 fully saturated rings. The summed E-state index contributed by atoms with van der Waals surface area (Å²) in [7, 11) is 0. The molecule has 6 nitrogen and oxygen atoms in total. The average Bonchev–Trinajstić information content (AvgIpc) is 2.99. The number of nitrogens with one attached hydrogen (secondary N) is 1. The van der Waals surface area contributed by atoms with E-state index in [1.165, 1.54) is 0 Å². The highest BCUT2D eigenvalue weighted by atomic mass is 32.2. The largest absolute Gasteiger partial charge is 0.455 e. The minimum atomic E-state index is -0.539. The first-order valence-corrected chi connectivity index (χ1v) is 9.51. The Morgan fingerprint density at radius 3 is 2.84 bits per heavy atom. The number of esters is 1. The highest BCUT2D eigenvalue weighted by Gasteiger charge is 2.36. The number of amides is 2. The van der Waals surface area contributed by atoms with E-state index in [1.807, 2.05) is 44.4 Å². The Balaban J connectivity index is 1.88. The number of hydrogen-bond acceptors (Lipinski definition) is 5. The summed E-state index contributed by atoms with van der Waals surface area (Å²) in [5.41, 5.74) is 0.779. The molecule has 2 amide bonds. The third-order valence-electron chi connectivity index (χ3n) is 3.88. The maximum atomic E-state index is 12.2. The molecule has 0 bridgehead atoms. The molecule has 1 heterocycles. The lowest BCUT2D eigenvalue weighted by Crippen LogP contribution is -2.33. The van der Waals surface area contributed by atoms with Gasteiger partial charge >= 0.3 is 5.97 Å². The minimum absolute atomic E-state index is 0.107. The van der Waals surface area contributed by atoms with Crippen LogP contribution >= 0.6 is 11.8 Å². The van der Waals surface area contributed by atoms with Crippen molar-refractivity contribution < 1.29 is 19.1 Å². The van der Waals surface area contributed by atoms with Gasteiger partial charge < -0.3 is 15.0 Å². The Bertz CT molecular complexity index is 648. The fourth-order valence-corrected chi connectivity index (χ4v) is 2.97. The summed E-state index contributed by atoms with van der Waals surface area (Å²) in [6.07, 6.45) is 2.07. The second-order valence-electron chi connectivity index (χ2n) is 6.41. The van der Waals surface area contributed by atoms with E-state index in [-0.39, 0.29) is 31.4 Å². The van der Waals surface area contributed by atoms with Gasteiger partial charge in [0.2, 0.25) is 5.91 Å². The first kappa shape index (κ1) is 19.3. The standard InChI is InChI=1S/C18H24N2O4S/c1-12(2)9-19-16(21)11-24-18(23)13-7-17(22)20(10-13)14-5-4-6-15(8-14)25-3/h4-6,8,12-13H,7,9-11H2,1-3H3,(H,19,21)/t13-/m1/s1. The van der Waals surface area contributed by atoms with Crippen LogP contribution in [0.4, 0.5) is 5.69 Å². The third-order valence-corrected chi connectivity index (χ3v) is 4.60. The molecule has 7 heteroatoms. The zero-order chi connectivity index (χ0) is 18.4. The number of anilines is 1. The number of hydrogen-bond donors (Lipinski definition) is 1. The molecule has 0 aliphatic carbocycles. The van der Waals surface area contributed by atoms with Crippen molar-refractivity contribution in [2.75, 3.05) is 30.9 Å². The monoisotopic (exact) mass is 364 g/mol. The molecule has 1 aromatic rings. The topological polar surface area (TPSA) is 75.7 Å². The fraction of sp³-hybridized carbons (Fsp3) is 0.500. The van der Waals surface area contributed by atoms with Crippen LogP contribution < -0.4 is 10.2 Å². The van der Waals surface area contributed by atoms with Gasteiger partial charge in [-0.25, -0.2) is 0 Å². The van der Waals surface area contributed by atoms with Crippen molar-refractivity contribution in [1.82, 2.24) is 5.32 Å². The van der Waals surface area contributed by atoms with Gasteiger partial charge in [-0.1, -0.05) is 19.9 Å². The molecule has 1 atom stereocenters. The van der Waals surface area contributed by atoms with Gasteiger partial charge in [-0.2, -0.15) is 0 Å². The summed E-state index contributed by atoms with van der Waals surface area (Å²) in [5, 5.41) is 2.69. The van der Waals surface area contributed by atoms with Gasteiger partial charge in [0, 0.05) is 30.1 Å². The summed E-state index contributed by atoms with van der Waals surface area (Å²) in [6.45, 7) is 4.48. The average molecular weight is 364 g/mol. The lowest BCUT2D eigenvalue weighted by atomic mass is 10.1. The lowest BCUT2D eigenvalue weighted by molar-refractivity contribution is -0.152. The highest BCUT2D eigenvalue weighted by molar-refractivity contribution is 7.98. The second-order valence-corrected chi connectivity index (χ2v) is 7.29. The second kappa shape index (κ2) is 8.89. The van der Waals surface area contributed by atoms with Gasteiger partial charge in [-0.3, -0.25) is 14.4 Å². The number of ether oxygens (including phenoxy) is 1. The van der Waals surface area contributed by atoms with Crippen molar-refractivity contribution in [2.45, 2.75) is 25.2 Å². The van der Waals surface area contributed by atoms with E-state index in [0.717, 1.165) is 10.6 Å². The zero-order valence-corrected chi connectivity index (χ0v) is 15.6. The van der Waals surface area contributed by atoms with Crippen molar-refractivity contribution in [2.24, 2.45) is 11.8 Å². The van der Waals surface area contributed by atoms with Gasteiger partial charge in [0.1, 0.15) is 0 Å². The van der Waals surface area contributed by atoms with E-state index >= 15 is 0 Å². The van der Waals surface area contributed by atoms with E-state index in [1.54, 1.807) is 16.7 Å². The molecule has 1 aliphatic heterocycles.